The smallest absolute Gasteiger partial charge is 0.240 e. The number of anilines is 1. The van der Waals surface area contributed by atoms with Gasteiger partial charge in [-0.2, -0.15) is 0 Å². The monoisotopic (exact) mass is 420 g/mol. The molecule has 0 radical (unpaired) electrons. The molecular weight excluding hydrogens is 392 g/mol. The molecule has 0 saturated heterocycles. The first-order chi connectivity index (χ1) is 13.7. The SMILES string of the molecule is CCOc1cccc(N(CC(=O)NCCOc2cccc(C)c2C)S(C)(=O)=O)c1. The van der Waals surface area contributed by atoms with Crippen LogP contribution >= 0.6 is 0 Å². The number of nitrogens with one attached hydrogen (secondary N) is 1. The standard InChI is InChI=1S/C21H28N2O5S/c1-5-27-19-10-7-9-18(14-19)23(29(4,25)26)15-21(24)22-12-13-28-20-11-6-8-16(2)17(20)3/h6-11,14H,5,12-13,15H2,1-4H3,(H,22,24). The van der Waals surface area contributed by atoms with E-state index in [0.717, 1.165) is 27.4 Å². The predicted octanol–water partition coefficient (Wildman–Crippen LogP) is 2.66. The molecule has 0 atom stereocenters. The van der Waals surface area contributed by atoms with Gasteiger partial charge in [0.15, 0.2) is 0 Å². The van der Waals surface area contributed by atoms with Crippen molar-refractivity contribution in [3.8, 4) is 11.5 Å². The summed E-state index contributed by atoms with van der Waals surface area (Å²) in [4.78, 5) is 12.3. The van der Waals surface area contributed by atoms with Gasteiger partial charge in [-0.05, 0) is 50.1 Å². The molecule has 2 aromatic carbocycles. The zero-order chi connectivity index (χ0) is 21.4. The first-order valence-corrected chi connectivity index (χ1v) is 11.2. The molecule has 8 heteroatoms. The van der Waals surface area contributed by atoms with Gasteiger partial charge >= 0.3 is 0 Å². The number of sulfonamides is 1. The highest BCUT2D eigenvalue weighted by atomic mass is 32.2. The number of benzene rings is 2. The summed E-state index contributed by atoms with van der Waals surface area (Å²) in [6.45, 7) is 6.52. The molecule has 1 amide bonds. The Bertz CT molecular complexity index is 944. The van der Waals surface area contributed by atoms with Crippen LogP contribution in [0.2, 0.25) is 0 Å². The first kappa shape index (κ1) is 22.5. The Hall–Kier alpha value is -2.74. The highest BCUT2D eigenvalue weighted by Gasteiger charge is 2.21. The average molecular weight is 421 g/mol. The molecular formula is C21H28N2O5S. The molecule has 2 rings (SSSR count). The predicted molar refractivity (Wildman–Crippen MR) is 114 cm³/mol. The van der Waals surface area contributed by atoms with Crippen molar-refractivity contribution < 1.29 is 22.7 Å². The Labute approximate surface area is 172 Å². The number of rotatable bonds is 10. The van der Waals surface area contributed by atoms with Crippen LogP contribution in [-0.4, -0.2) is 46.9 Å². The molecule has 0 saturated carbocycles. The molecule has 0 heterocycles. The lowest BCUT2D eigenvalue weighted by Crippen LogP contribution is -2.41. The van der Waals surface area contributed by atoms with Gasteiger partial charge in [0.2, 0.25) is 15.9 Å². The fourth-order valence-corrected chi connectivity index (χ4v) is 3.56. The van der Waals surface area contributed by atoms with Crippen molar-refractivity contribution in [3.63, 3.8) is 0 Å². The summed E-state index contributed by atoms with van der Waals surface area (Å²) in [6, 6.07) is 12.4. The van der Waals surface area contributed by atoms with Gasteiger partial charge < -0.3 is 14.8 Å². The Morgan fingerprint density at radius 2 is 1.83 bits per heavy atom. The first-order valence-electron chi connectivity index (χ1n) is 9.38. The second-order valence-corrected chi connectivity index (χ2v) is 8.50. The van der Waals surface area contributed by atoms with Gasteiger partial charge in [0.1, 0.15) is 24.7 Å². The van der Waals surface area contributed by atoms with Crippen LogP contribution in [0.25, 0.3) is 0 Å². The number of nitrogens with zero attached hydrogens (tertiary/aromatic N) is 1. The van der Waals surface area contributed by atoms with Crippen LogP contribution in [0, 0.1) is 13.8 Å². The molecule has 0 aliphatic heterocycles. The number of ether oxygens (including phenoxy) is 2. The van der Waals surface area contributed by atoms with E-state index in [-0.39, 0.29) is 19.7 Å². The number of aryl methyl sites for hydroxylation is 1. The van der Waals surface area contributed by atoms with E-state index in [0.29, 0.717) is 18.0 Å². The third kappa shape index (κ3) is 6.67. The van der Waals surface area contributed by atoms with Crippen LogP contribution in [0.15, 0.2) is 42.5 Å². The summed E-state index contributed by atoms with van der Waals surface area (Å²) in [7, 11) is -3.64. The highest BCUT2D eigenvalue weighted by Crippen LogP contribution is 2.23. The van der Waals surface area contributed by atoms with Crippen LogP contribution < -0.4 is 19.1 Å². The van der Waals surface area contributed by atoms with Gasteiger partial charge in [-0.1, -0.05) is 18.2 Å². The molecule has 2 aromatic rings. The van der Waals surface area contributed by atoms with Gasteiger partial charge in [-0.15, -0.1) is 0 Å². The number of hydrogen-bond donors (Lipinski definition) is 1. The Balaban J connectivity index is 1.95. The number of carbonyl (C=O) groups excluding carboxylic acids is 1. The van der Waals surface area contributed by atoms with E-state index in [1.54, 1.807) is 24.3 Å². The summed E-state index contributed by atoms with van der Waals surface area (Å²) in [6.07, 6.45) is 1.07. The van der Waals surface area contributed by atoms with E-state index in [2.05, 4.69) is 5.32 Å². The topological polar surface area (TPSA) is 84.9 Å². The number of carbonyl (C=O) groups is 1. The van der Waals surface area contributed by atoms with E-state index in [9.17, 15) is 13.2 Å². The van der Waals surface area contributed by atoms with Crippen molar-refractivity contribution in [2.75, 3.05) is 36.9 Å². The fourth-order valence-electron chi connectivity index (χ4n) is 2.71. The molecule has 0 aliphatic rings. The van der Waals surface area contributed by atoms with E-state index in [1.807, 2.05) is 39.0 Å². The lowest BCUT2D eigenvalue weighted by Gasteiger charge is -2.22. The summed E-state index contributed by atoms with van der Waals surface area (Å²) < 4.78 is 36.6. The van der Waals surface area contributed by atoms with Crippen molar-refractivity contribution in [1.29, 1.82) is 0 Å². The van der Waals surface area contributed by atoms with E-state index in [4.69, 9.17) is 9.47 Å². The molecule has 0 unspecified atom stereocenters. The lowest BCUT2D eigenvalue weighted by molar-refractivity contribution is -0.119. The van der Waals surface area contributed by atoms with Gasteiger partial charge in [0, 0.05) is 6.07 Å². The average Bonchev–Trinajstić information content (AvgIpc) is 2.66. The van der Waals surface area contributed by atoms with Gasteiger partial charge in [0.25, 0.3) is 0 Å². The quantitative estimate of drug-likeness (QED) is 0.598. The fraction of sp³-hybridized carbons (Fsp3) is 0.381. The minimum atomic E-state index is -3.64. The third-order valence-corrected chi connectivity index (χ3v) is 5.48. The van der Waals surface area contributed by atoms with Gasteiger partial charge in [-0.25, -0.2) is 8.42 Å². The van der Waals surface area contributed by atoms with Crippen LogP contribution in [0.5, 0.6) is 11.5 Å². The summed E-state index contributed by atoms with van der Waals surface area (Å²) in [5, 5.41) is 2.70. The van der Waals surface area contributed by atoms with Crippen LogP contribution in [-0.2, 0) is 14.8 Å². The van der Waals surface area contributed by atoms with Crippen LogP contribution in [0.1, 0.15) is 18.1 Å². The van der Waals surface area contributed by atoms with E-state index in [1.165, 1.54) is 0 Å². The zero-order valence-electron chi connectivity index (χ0n) is 17.3. The largest absolute Gasteiger partial charge is 0.494 e. The van der Waals surface area contributed by atoms with E-state index < -0.39 is 15.9 Å². The van der Waals surface area contributed by atoms with Crippen molar-refractivity contribution >= 4 is 21.6 Å². The van der Waals surface area contributed by atoms with Crippen molar-refractivity contribution in [2.24, 2.45) is 0 Å². The Morgan fingerprint density at radius 3 is 2.52 bits per heavy atom. The third-order valence-electron chi connectivity index (χ3n) is 4.34. The van der Waals surface area contributed by atoms with Gasteiger partial charge in [-0.3, -0.25) is 9.10 Å². The highest BCUT2D eigenvalue weighted by molar-refractivity contribution is 7.92. The van der Waals surface area contributed by atoms with Crippen LogP contribution in [0.4, 0.5) is 5.69 Å². The Morgan fingerprint density at radius 1 is 1.10 bits per heavy atom. The number of amides is 1. The minimum absolute atomic E-state index is 0.267. The molecule has 29 heavy (non-hydrogen) atoms. The van der Waals surface area contributed by atoms with Crippen molar-refractivity contribution in [2.45, 2.75) is 20.8 Å². The lowest BCUT2D eigenvalue weighted by atomic mass is 10.1. The zero-order valence-corrected chi connectivity index (χ0v) is 18.1. The molecule has 0 bridgehead atoms. The summed E-state index contributed by atoms with van der Waals surface area (Å²) in [5.74, 6) is 0.896. The second kappa shape index (κ2) is 10.2. The minimum Gasteiger partial charge on any atom is -0.494 e. The molecule has 0 spiro atoms. The van der Waals surface area contributed by atoms with Crippen molar-refractivity contribution in [3.05, 3.63) is 53.6 Å². The summed E-state index contributed by atoms with van der Waals surface area (Å²) in [5.41, 5.74) is 2.56. The number of hydrogen-bond acceptors (Lipinski definition) is 5. The Kier molecular flexibility index (Phi) is 7.90. The molecule has 0 aliphatic carbocycles. The normalized spacial score (nSPS) is 11.0. The molecule has 1 N–H and O–H groups in total. The molecule has 158 valence electrons. The molecule has 0 fully saturated rings. The molecule has 7 nitrogen and oxygen atoms in total. The maximum atomic E-state index is 12.3. The van der Waals surface area contributed by atoms with Gasteiger partial charge in [0.05, 0.1) is 25.1 Å². The maximum absolute atomic E-state index is 12.3. The van der Waals surface area contributed by atoms with Crippen molar-refractivity contribution in [1.82, 2.24) is 5.32 Å². The summed E-state index contributed by atoms with van der Waals surface area (Å²) >= 11 is 0. The maximum Gasteiger partial charge on any atom is 0.240 e. The second-order valence-electron chi connectivity index (χ2n) is 6.60. The van der Waals surface area contributed by atoms with E-state index >= 15 is 0 Å². The van der Waals surface area contributed by atoms with Crippen LogP contribution in [0.3, 0.4) is 0 Å². The molecule has 0 aromatic heterocycles.